The number of hydrogen-bond donors (Lipinski definition) is 1. The van der Waals surface area contributed by atoms with Crippen LogP contribution in [0.15, 0.2) is 64.5 Å². The molecule has 1 N–H and O–H groups in total. The first-order valence-electron chi connectivity index (χ1n) is 6.79. The van der Waals surface area contributed by atoms with Gasteiger partial charge in [-0.15, -0.1) is 0 Å². The van der Waals surface area contributed by atoms with E-state index in [1.165, 1.54) is 11.8 Å². The van der Waals surface area contributed by atoms with Gasteiger partial charge in [-0.25, -0.2) is 4.79 Å². The summed E-state index contributed by atoms with van der Waals surface area (Å²) in [5, 5.41) is 10.4. The first-order chi connectivity index (χ1) is 11.1. The van der Waals surface area contributed by atoms with E-state index in [9.17, 15) is 4.79 Å². The van der Waals surface area contributed by atoms with Gasteiger partial charge >= 0.3 is 5.97 Å². The molecule has 0 bridgehead atoms. The van der Waals surface area contributed by atoms with Crippen LogP contribution >= 0.6 is 23.4 Å². The molecular weight excluding hydrogens is 334 g/mol. The molecule has 0 aliphatic rings. The Labute approximate surface area is 142 Å². The number of carboxylic acids is 1. The fourth-order valence-electron chi connectivity index (χ4n) is 2.10. The van der Waals surface area contributed by atoms with Gasteiger partial charge in [-0.1, -0.05) is 41.6 Å². The topological polar surface area (TPSA) is 59.4 Å². The number of ether oxygens (including phenoxy) is 1. The largest absolute Gasteiger partial charge is 0.481 e. The van der Waals surface area contributed by atoms with E-state index in [1.54, 1.807) is 24.4 Å². The van der Waals surface area contributed by atoms with Crippen LogP contribution in [-0.2, 0) is 4.79 Å². The van der Waals surface area contributed by atoms with Gasteiger partial charge in [0.1, 0.15) is 5.75 Å². The van der Waals surface area contributed by atoms with Gasteiger partial charge in [0.15, 0.2) is 6.61 Å². The van der Waals surface area contributed by atoms with Crippen molar-refractivity contribution in [1.82, 2.24) is 4.98 Å². The predicted octanol–water partition coefficient (Wildman–Crippen LogP) is 4.50. The number of rotatable bonds is 5. The van der Waals surface area contributed by atoms with Crippen LogP contribution < -0.4 is 4.74 Å². The summed E-state index contributed by atoms with van der Waals surface area (Å²) in [5.74, 6) is -0.544. The third-order valence-electron chi connectivity index (χ3n) is 3.07. The second-order valence-electron chi connectivity index (χ2n) is 4.71. The monoisotopic (exact) mass is 345 g/mol. The number of benzene rings is 2. The molecule has 3 rings (SSSR count). The van der Waals surface area contributed by atoms with E-state index >= 15 is 0 Å². The summed E-state index contributed by atoms with van der Waals surface area (Å²) in [6, 6.07) is 14.9. The Morgan fingerprint density at radius 3 is 2.83 bits per heavy atom. The van der Waals surface area contributed by atoms with E-state index in [1.807, 2.05) is 30.3 Å². The molecule has 0 saturated heterocycles. The van der Waals surface area contributed by atoms with Gasteiger partial charge in [-0.05, 0) is 30.3 Å². The average molecular weight is 346 g/mol. The summed E-state index contributed by atoms with van der Waals surface area (Å²) in [6.45, 7) is -0.400. The van der Waals surface area contributed by atoms with Gasteiger partial charge in [0, 0.05) is 21.5 Å². The molecule has 0 aliphatic carbocycles. The number of aromatic nitrogens is 1. The molecule has 0 radical (unpaired) electrons. The van der Waals surface area contributed by atoms with E-state index in [0.717, 1.165) is 20.7 Å². The molecule has 0 saturated carbocycles. The molecule has 0 aliphatic heterocycles. The summed E-state index contributed by atoms with van der Waals surface area (Å²) in [6.07, 6.45) is 1.74. The molecule has 3 aromatic rings. The third kappa shape index (κ3) is 3.75. The zero-order valence-electron chi connectivity index (χ0n) is 11.9. The van der Waals surface area contributed by atoms with Crippen molar-refractivity contribution in [2.24, 2.45) is 0 Å². The molecule has 0 spiro atoms. The number of fused-ring (bicyclic) bond motifs is 1. The van der Waals surface area contributed by atoms with Crippen LogP contribution in [0.25, 0.3) is 10.9 Å². The summed E-state index contributed by atoms with van der Waals surface area (Å²) < 4.78 is 5.34. The highest BCUT2D eigenvalue weighted by Gasteiger charge is 2.11. The second kappa shape index (κ2) is 6.89. The average Bonchev–Trinajstić information content (AvgIpc) is 2.54. The maximum absolute atomic E-state index is 10.7. The lowest BCUT2D eigenvalue weighted by molar-refractivity contribution is -0.139. The van der Waals surface area contributed by atoms with Crippen LogP contribution in [-0.4, -0.2) is 22.7 Å². The lowest BCUT2D eigenvalue weighted by Gasteiger charge is -2.11. The van der Waals surface area contributed by atoms with E-state index in [0.29, 0.717) is 10.8 Å². The fourth-order valence-corrected chi connectivity index (χ4v) is 3.40. The minimum atomic E-state index is -1.03. The fraction of sp³-hybridized carbons (Fsp3) is 0.0588. The zero-order valence-corrected chi connectivity index (χ0v) is 13.5. The predicted molar refractivity (Wildman–Crippen MR) is 90.4 cm³/mol. The maximum Gasteiger partial charge on any atom is 0.341 e. The standard InChI is InChI=1S/C17H12ClNO3S/c18-12-6-7-13(22-10-16(20)21)15(9-12)23-14-5-1-3-11-4-2-8-19-17(11)14/h1-9H,10H2,(H,20,21). The van der Waals surface area contributed by atoms with Crippen LogP contribution in [0.5, 0.6) is 5.75 Å². The van der Waals surface area contributed by atoms with Crippen molar-refractivity contribution in [3.8, 4) is 5.75 Å². The lowest BCUT2D eigenvalue weighted by atomic mass is 10.2. The van der Waals surface area contributed by atoms with Crippen LogP contribution in [0, 0.1) is 0 Å². The number of aliphatic carboxylic acids is 1. The van der Waals surface area contributed by atoms with E-state index in [2.05, 4.69) is 4.98 Å². The molecule has 0 atom stereocenters. The Balaban J connectivity index is 1.98. The number of carbonyl (C=O) groups is 1. The van der Waals surface area contributed by atoms with Gasteiger partial charge in [-0.2, -0.15) is 0 Å². The van der Waals surface area contributed by atoms with Crippen molar-refractivity contribution in [2.45, 2.75) is 9.79 Å². The number of hydrogen-bond acceptors (Lipinski definition) is 4. The number of nitrogens with zero attached hydrogens (tertiary/aromatic N) is 1. The minimum Gasteiger partial charge on any atom is -0.481 e. The first kappa shape index (κ1) is 15.6. The minimum absolute atomic E-state index is 0.400. The van der Waals surface area contributed by atoms with Gasteiger partial charge < -0.3 is 9.84 Å². The highest BCUT2D eigenvalue weighted by atomic mass is 35.5. The van der Waals surface area contributed by atoms with Crippen LogP contribution in [0.3, 0.4) is 0 Å². The Morgan fingerprint density at radius 1 is 1.17 bits per heavy atom. The second-order valence-corrected chi connectivity index (χ2v) is 6.23. The molecule has 6 heteroatoms. The van der Waals surface area contributed by atoms with Crippen molar-refractivity contribution in [3.63, 3.8) is 0 Å². The van der Waals surface area contributed by atoms with Crippen molar-refractivity contribution in [3.05, 3.63) is 59.8 Å². The van der Waals surface area contributed by atoms with Gasteiger partial charge in [-0.3, -0.25) is 4.98 Å². The third-order valence-corrected chi connectivity index (χ3v) is 4.40. The number of para-hydroxylation sites is 1. The molecular formula is C17H12ClNO3S. The summed E-state index contributed by atoms with van der Waals surface area (Å²) in [5.41, 5.74) is 0.879. The Hall–Kier alpha value is -2.24. The maximum atomic E-state index is 10.7. The van der Waals surface area contributed by atoms with Crippen LogP contribution in [0.1, 0.15) is 0 Å². The van der Waals surface area contributed by atoms with Crippen molar-refractivity contribution in [2.75, 3.05) is 6.61 Å². The Morgan fingerprint density at radius 2 is 2.00 bits per heavy atom. The summed E-state index contributed by atoms with van der Waals surface area (Å²) in [7, 11) is 0. The summed E-state index contributed by atoms with van der Waals surface area (Å²) in [4.78, 5) is 16.8. The zero-order chi connectivity index (χ0) is 16.2. The highest BCUT2D eigenvalue weighted by Crippen LogP contribution is 2.39. The molecule has 1 heterocycles. The van der Waals surface area contributed by atoms with E-state index in [-0.39, 0.29) is 0 Å². The summed E-state index contributed by atoms with van der Waals surface area (Å²) >= 11 is 7.51. The van der Waals surface area contributed by atoms with Crippen molar-refractivity contribution in [1.29, 1.82) is 0 Å². The Bertz CT molecular complexity index is 864. The Kier molecular flexibility index (Phi) is 4.69. The van der Waals surface area contributed by atoms with E-state index in [4.69, 9.17) is 21.4 Å². The molecule has 0 unspecified atom stereocenters. The molecule has 23 heavy (non-hydrogen) atoms. The smallest absolute Gasteiger partial charge is 0.341 e. The molecule has 2 aromatic carbocycles. The van der Waals surface area contributed by atoms with Crippen LogP contribution in [0.4, 0.5) is 0 Å². The van der Waals surface area contributed by atoms with E-state index < -0.39 is 12.6 Å². The van der Waals surface area contributed by atoms with Gasteiger partial charge in [0.05, 0.1) is 10.4 Å². The lowest BCUT2D eigenvalue weighted by Crippen LogP contribution is -2.09. The van der Waals surface area contributed by atoms with Crippen molar-refractivity contribution >= 4 is 40.2 Å². The molecule has 0 amide bonds. The molecule has 0 fully saturated rings. The molecule has 1 aromatic heterocycles. The molecule has 116 valence electrons. The van der Waals surface area contributed by atoms with Gasteiger partial charge in [0.2, 0.25) is 0 Å². The van der Waals surface area contributed by atoms with Crippen molar-refractivity contribution < 1.29 is 14.6 Å². The van der Waals surface area contributed by atoms with Crippen LogP contribution in [0.2, 0.25) is 5.02 Å². The number of pyridine rings is 1. The SMILES string of the molecule is O=C(O)COc1ccc(Cl)cc1Sc1cccc2cccnc12. The van der Waals surface area contributed by atoms with Gasteiger partial charge in [0.25, 0.3) is 0 Å². The molecule has 4 nitrogen and oxygen atoms in total. The normalized spacial score (nSPS) is 10.7. The quantitative estimate of drug-likeness (QED) is 0.737. The highest BCUT2D eigenvalue weighted by molar-refractivity contribution is 7.99. The number of halogens is 1. The first-order valence-corrected chi connectivity index (χ1v) is 7.98. The number of carboxylic acid groups (broad SMARTS) is 1.